The van der Waals surface area contributed by atoms with Crippen molar-refractivity contribution < 1.29 is 9.90 Å². The van der Waals surface area contributed by atoms with Crippen LogP contribution in [0.15, 0.2) is 23.1 Å². The van der Waals surface area contributed by atoms with Gasteiger partial charge < -0.3 is 20.3 Å². The second kappa shape index (κ2) is 7.45. The van der Waals surface area contributed by atoms with Crippen molar-refractivity contribution in [2.45, 2.75) is 47.3 Å². The zero-order valence-corrected chi connectivity index (χ0v) is 14.0. The average molecular weight is 309 g/mol. The van der Waals surface area contributed by atoms with E-state index in [2.05, 4.69) is 10.6 Å². The predicted molar refractivity (Wildman–Crippen MR) is 88.0 cm³/mol. The molecule has 6 nitrogen and oxygen atoms in total. The molecule has 0 bridgehead atoms. The van der Waals surface area contributed by atoms with Gasteiger partial charge in [-0.2, -0.15) is 0 Å². The van der Waals surface area contributed by atoms with Gasteiger partial charge in [-0.05, 0) is 18.9 Å². The molecule has 124 valence electrons. The van der Waals surface area contributed by atoms with E-state index in [0.29, 0.717) is 18.8 Å². The molecule has 6 heteroatoms. The van der Waals surface area contributed by atoms with Gasteiger partial charge in [-0.25, -0.2) is 4.79 Å². The summed E-state index contributed by atoms with van der Waals surface area (Å²) in [6, 6.07) is 2.64. The number of carbonyl (C=O) groups excluding carboxylic acids is 1. The fourth-order valence-corrected chi connectivity index (χ4v) is 2.34. The number of nitrogens with zero attached hydrogens (tertiary/aromatic N) is 1. The van der Waals surface area contributed by atoms with E-state index in [1.54, 1.807) is 12.3 Å². The molecule has 0 aliphatic rings. The van der Waals surface area contributed by atoms with E-state index in [9.17, 15) is 14.7 Å². The Morgan fingerprint density at radius 2 is 2.00 bits per heavy atom. The summed E-state index contributed by atoms with van der Waals surface area (Å²) in [6.07, 6.45) is 1.10. The third-order valence-corrected chi connectivity index (χ3v) is 3.72. The monoisotopic (exact) mass is 309 g/mol. The fourth-order valence-electron chi connectivity index (χ4n) is 2.34. The molecule has 1 heterocycles. The summed E-state index contributed by atoms with van der Waals surface area (Å²) in [7, 11) is 0. The minimum atomic E-state index is -0.505. The second-order valence-corrected chi connectivity index (χ2v) is 6.53. The number of nitrogens with one attached hydrogen (secondary N) is 2. The van der Waals surface area contributed by atoms with Crippen LogP contribution >= 0.6 is 0 Å². The maximum atomic E-state index is 11.9. The van der Waals surface area contributed by atoms with E-state index in [1.807, 2.05) is 34.6 Å². The Morgan fingerprint density at radius 1 is 1.36 bits per heavy atom. The molecule has 1 rings (SSSR count). The number of rotatable bonds is 6. The molecule has 3 N–H and O–H groups in total. The van der Waals surface area contributed by atoms with Crippen LogP contribution in [0.25, 0.3) is 0 Å². The lowest BCUT2D eigenvalue weighted by Gasteiger charge is -2.33. The van der Waals surface area contributed by atoms with E-state index in [0.717, 1.165) is 0 Å². The molecular weight excluding hydrogens is 282 g/mol. The van der Waals surface area contributed by atoms with Crippen LogP contribution in [0.2, 0.25) is 0 Å². The molecule has 0 spiro atoms. The van der Waals surface area contributed by atoms with Gasteiger partial charge in [0, 0.05) is 30.8 Å². The highest BCUT2D eigenvalue weighted by Crippen LogP contribution is 2.25. The quantitative estimate of drug-likeness (QED) is 0.752. The van der Waals surface area contributed by atoms with E-state index in [-0.39, 0.29) is 17.5 Å². The fraction of sp³-hybridized carbons (Fsp3) is 0.625. The van der Waals surface area contributed by atoms with Crippen molar-refractivity contribution in [1.82, 2.24) is 9.88 Å². The van der Waals surface area contributed by atoms with Crippen molar-refractivity contribution in [2.24, 2.45) is 11.3 Å². The lowest BCUT2D eigenvalue weighted by atomic mass is 9.81. The smallest absolute Gasteiger partial charge is 0.319 e. The first-order chi connectivity index (χ1) is 10.2. The Morgan fingerprint density at radius 3 is 2.55 bits per heavy atom. The first-order valence-electron chi connectivity index (χ1n) is 7.60. The number of hydrogen-bond donors (Lipinski definition) is 3. The number of amides is 2. The molecule has 2 amide bonds. The van der Waals surface area contributed by atoms with Gasteiger partial charge in [-0.1, -0.05) is 27.7 Å². The van der Waals surface area contributed by atoms with Gasteiger partial charge in [-0.3, -0.25) is 4.79 Å². The van der Waals surface area contributed by atoms with Crippen molar-refractivity contribution in [3.8, 4) is 0 Å². The summed E-state index contributed by atoms with van der Waals surface area (Å²) in [6.45, 7) is 10.5. The van der Waals surface area contributed by atoms with Crippen LogP contribution in [0.3, 0.4) is 0 Å². The van der Waals surface area contributed by atoms with Crippen LogP contribution in [-0.4, -0.2) is 28.4 Å². The van der Waals surface area contributed by atoms with E-state index in [4.69, 9.17) is 0 Å². The molecule has 0 fully saturated rings. The summed E-state index contributed by atoms with van der Waals surface area (Å²) in [5, 5.41) is 15.6. The van der Waals surface area contributed by atoms with E-state index < -0.39 is 11.5 Å². The lowest BCUT2D eigenvalue weighted by Crippen LogP contribution is -2.44. The standard InChI is InChI=1S/C16H27N3O3/c1-6-19-9-12(7-8-13(19)20)18-15(22)17-10-16(4,5)14(21)11(2)3/h7-9,11,14,21H,6,10H2,1-5H3,(H2,17,18,22). The van der Waals surface area contributed by atoms with Gasteiger partial charge in [0.05, 0.1) is 11.8 Å². The molecule has 0 radical (unpaired) electrons. The number of carbonyl (C=O) groups is 1. The van der Waals surface area contributed by atoms with Gasteiger partial charge >= 0.3 is 6.03 Å². The summed E-state index contributed by atoms with van der Waals surface area (Å²) < 4.78 is 1.52. The Bertz CT molecular complexity index is 564. The third-order valence-electron chi connectivity index (χ3n) is 3.72. The minimum absolute atomic E-state index is 0.102. The molecule has 0 aromatic carbocycles. The Kier molecular flexibility index (Phi) is 6.17. The summed E-state index contributed by atoms with van der Waals surface area (Å²) in [4.78, 5) is 23.4. The highest BCUT2D eigenvalue weighted by Gasteiger charge is 2.30. The van der Waals surface area contributed by atoms with Crippen molar-refractivity contribution in [1.29, 1.82) is 0 Å². The number of anilines is 1. The summed E-state index contributed by atoms with van der Waals surface area (Å²) in [5.41, 5.74) is 0.0315. The van der Waals surface area contributed by atoms with Crippen LogP contribution < -0.4 is 16.2 Å². The zero-order chi connectivity index (χ0) is 16.9. The number of aromatic nitrogens is 1. The molecule has 1 unspecified atom stereocenters. The van der Waals surface area contributed by atoms with E-state index in [1.165, 1.54) is 10.6 Å². The maximum Gasteiger partial charge on any atom is 0.319 e. The molecule has 0 aliphatic heterocycles. The molecule has 0 saturated carbocycles. The van der Waals surface area contributed by atoms with Gasteiger partial charge in [0.25, 0.3) is 5.56 Å². The highest BCUT2D eigenvalue weighted by molar-refractivity contribution is 5.88. The van der Waals surface area contributed by atoms with Crippen LogP contribution in [0.4, 0.5) is 10.5 Å². The second-order valence-electron chi connectivity index (χ2n) is 6.53. The van der Waals surface area contributed by atoms with Crippen molar-refractivity contribution in [3.63, 3.8) is 0 Å². The molecule has 22 heavy (non-hydrogen) atoms. The number of aliphatic hydroxyl groups is 1. The topological polar surface area (TPSA) is 83.4 Å². The molecule has 1 atom stereocenters. The zero-order valence-electron chi connectivity index (χ0n) is 14.0. The van der Waals surface area contributed by atoms with Gasteiger partial charge in [-0.15, -0.1) is 0 Å². The Balaban J connectivity index is 2.62. The van der Waals surface area contributed by atoms with Crippen molar-refractivity contribution >= 4 is 11.7 Å². The first kappa shape index (κ1) is 18.2. The third kappa shape index (κ3) is 4.87. The Hall–Kier alpha value is -1.82. The molecule has 1 aromatic heterocycles. The number of aryl methyl sites for hydroxylation is 1. The maximum absolute atomic E-state index is 11.9. The first-order valence-corrected chi connectivity index (χ1v) is 7.60. The minimum Gasteiger partial charge on any atom is -0.392 e. The molecule has 1 aromatic rings. The van der Waals surface area contributed by atoms with Crippen LogP contribution in [0, 0.1) is 11.3 Å². The Labute approximate surface area is 131 Å². The number of pyridine rings is 1. The average Bonchev–Trinajstić information content (AvgIpc) is 2.46. The lowest BCUT2D eigenvalue weighted by molar-refractivity contribution is 0.0154. The summed E-state index contributed by atoms with van der Waals surface area (Å²) >= 11 is 0. The van der Waals surface area contributed by atoms with Crippen molar-refractivity contribution in [3.05, 3.63) is 28.7 Å². The molecule has 0 saturated heterocycles. The SMILES string of the molecule is CCn1cc(NC(=O)NCC(C)(C)C(O)C(C)C)ccc1=O. The largest absolute Gasteiger partial charge is 0.392 e. The van der Waals surface area contributed by atoms with E-state index >= 15 is 0 Å². The van der Waals surface area contributed by atoms with Crippen LogP contribution in [0.5, 0.6) is 0 Å². The number of urea groups is 1. The molecular formula is C16H27N3O3. The van der Waals surface area contributed by atoms with Crippen molar-refractivity contribution in [2.75, 3.05) is 11.9 Å². The molecule has 0 aliphatic carbocycles. The predicted octanol–water partition coefficient (Wildman–Crippen LogP) is 2.03. The number of hydrogen-bond acceptors (Lipinski definition) is 3. The van der Waals surface area contributed by atoms with Gasteiger partial charge in [0.2, 0.25) is 0 Å². The van der Waals surface area contributed by atoms with Gasteiger partial charge in [0.1, 0.15) is 0 Å². The van der Waals surface area contributed by atoms with Crippen LogP contribution in [-0.2, 0) is 6.54 Å². The number of aliphatic hydroxyl groups excluding tert-OH is 1. The van der Waals surface area contributed by atoms with Gasteiger partial charge in [0.15, 0.2) is 0 Å². The highest BCUT2D eigenvalue weighted by atomic mass is 16.3. The normalized spacial score (nSPS) is 13.0. The van der Waals surface area contributed by atoms with Crippen LogP contribution in [0.1, 0.15) is 34.6 Å². The summed E-state index contributed by atoms with van der Waals surface area (Å²) in [5.74, 6) is 0.118.